The van der Waals surface area contributed by atoms with Crippen LogP contribution >= 0.6 is 23.1 Å². The molecule has 0 amide bonds. The molecule has 2 aromatic heterocycles. The molecule has 0 radical (unpaired) electrons. The molecule has 3 aliphatic heterocycles. The number of fused-ring (bicyclic) bond motifs is 2. The number of β-amino-alcohol motifs (C(OH)–C–C–N with tert-alkyl or cyclic N) is 1. The Balaban J connectivity index is 1.31. The molecule has 40 heavy (non-hydrogen) atoms. The van der Waals surface area contributed by atoms with Crippen LogP contribution < -0.4 is 20.3 Å². The summed E-state index contributed by atoms with van der Waals surface area (Å²) in [5.41, 5.74) is 5.62. The minimum Gasteiger partial charge on any atom is -0.462 e. The molecule has 1 saturated carbocycles. The maximum absolute atomic E-state index is 14.6. The average Bonchev–Trinajstić information content (AvgIpc) is 3.19. The second kappa shape index (κ2) is 9.32. The Hall–Kier alpha value is -2.38. The molecular formula is C25H31F3N8O2S2. The highest BCUT2D eigenvalue weighted by molar-refractivity contribution is 8.00. The molecule has 216 valence electrons. The van der Waals surface area contributed by atoms with Crippen LogP contribution in [0.1, 0.15) is 35.8 Å². The van der Waals surface area contributed by atoms with Crippen LogP contribution in [0.25, 0.3) is 0 Å². The van der Waals surface area contributed by atoms with Crippen molar-refractivity contribution in [3.63, 3.8) is 0 Å². The van der Waals surface area contributed by atoms with E-state index in [9.17, 15) is 23.5 Å². The lowest BCUT2D eigenvalue weighted by molar-refractivity contribution is 0.0158. The Labute approximate surface area is 238 Å². The molecule has 0 bridgehead atoms. The molecular weight excluding hydrogens is 565 g/mol. The fraction of sp³-hybridized carbons (Fsp3) is 0.680. The molecule has 1 aliphatic carbocycles. The van der Waals surface area contributed by atoms with E-state index in [0.717, 1.165) is 16.2 Å². The average molecular weight is 597 g/mol. The van der Waals surface area contributed by atoms with Crippen molar-refractivity contribution in [2.75, 3.05) is 56.7 Å². The normalized spacial score (nSPS) is 34.1. The number of nitrogens with two attached hydrogens (primary N) is 1. The Morgan fingerprint density at radius 1 is 1.27 bits per heavy atom. The van der Waals surface area contributed by atoms with Gasteiger partial charge in [0.15, 0.2) is 0 Å². The summed E-state index contributed by atoms with van der Waals surface area (Å²) < 4.78 is 48.6. The van der Waals surface area contributed by atoms with Crippen molar-refractivity contribution in [2.24, 2.45) is 11.1 Å². The zero-order valence-corrected chi connectivity index (χ0v) is 24.0. The monoisotopic (exact) mass is 596 g/mol. The number of ether oxygens (including phenoxy) is 1. The Bertz CT molecular complexity index is 1370. The maximum atomic E-state index is 14.6. The Morgan fingerprint density at radius 3 is 2.62 bits per heavy atom. The minimum atomic E-state index is -2.87. The van der Waals surface area contributed by atoms with Crippen molar-refractivity contribution in [3.8, 4) is 12.1 Å². The van der Waals surface area contributed by atoms with Gasteiger partial charge in [0.25, 0.3) is 5.92 Å². The first kappa shape index (κ1) is 27.8. The van der Waals surface area contributed by atoms with Gasteiger partial charge in [-0.05, 0) is 21.0 Å². The smallest absolute Gasteiger partial charge is 0.323 e. The first-order valence-corrected chi connectivity index (χ1v) is 14.8. The summed E-state index contributed by atoms with van der Waals surface area (Å²) in [6, 6.07) is 2.10. The molecule has 5 heterocycles. The van der Waals surface area contributed by atoms with Crippen molar-refractivity contribution < 1.29 is 23.0 Å². The van der Waals surface area contributed by atoms with Crippen LogP contribution in [0.5, 0.6) is 6.01 Å². The second-order valence-corrected chi connectivity index (χ2v) is 14.2. The van der Waals surface area contributed by atoms with E-state index in [1.165, 1.54) is 4.90 Å². The third-order valence-electron chi connectivity index (χ3n) is 8.14. The first-order valence-electron chi connectivity index (χ1n) is 13.0. The number of thiophene rings is 1. The van der Waals surface area contributed by atoms with Crippen LogP contribution in [0.4, 0.5) is 25.1 Å². The summed E-state index contributed by atoms with van der Waals surface area (Å²) in [6.07, 6.45) is -2.21. The quantitative estimate of drug-likeness (QED) is 0.489. The molecule has 10 nitrogen and oxygen atoms in total. The van der Waals surface area contributed by atoms with Crippen molar-refractivity contribution in [2.45, 2.75) is 54.1 Å². The van der Waals surface area contributed by atoms with E-state index in [-0.39, 0.29) is 57.0 Å². The molecule has 3 unspecified atom stereocenters. The van der Waals surface area contributed by atoms with Gasteiger partial charge in [-0.15, -0.1) is 23.1 Å². The fourth-order valence-corrected chi connectivity index (χ4v) is 8.95. The molecule has 5 atom stereocenters. The minimum absolute atomic E-state index is 0.0200. The fourth-order valence-electron chi connectivity index (χ4n) is 6.16. The van der Waals surface area contributed by atoms with Gasteiger partial charge < -0.3 is 30.3 Å². The Morgan fingerprint density at radius 2 is 2.00 bits per heavy atom. The number of anilines is 2. The number of aromatic nitrogens is 3. The number of halogens is 3. The van der Waals surface area contributed by atoms with Gasteiger partial charge in [-0.2, -0.15) is 20.2 Å². The van der Waals surface area contributed by atoms with E-state index < -0.39 is 34.0 Å². The molecule has 4 aliphatic rings. The van der Waals surface area contributed by atoms with Gasteiger partial charge in [0.1, 0.15) is 25.0 Å². The standard InChI is InChI=1S/C25H31F3N8O2S2/c1-22(37)4-15(26)6-35(10-22)19-31-20(33-21(32-19)38-13-23(11-34(2)3)9-25(23,27)28)36-12-24(18(36)30)17-14(5-29)7-39-16(17)8-40-24/h7,15,18,37H,4,6,8-13,30H2,1-3H3/t15-,18?,22+,23?,24?/m0/s1. The lowest BCUT2D eigenvalue weighted by Gasteiger charge is -2.53. The number of alkyl halides is 3. The van der Waals surface area contributed by atoms with Crippen molar-refractivity contribution >= 4 is 35.0 Å². The van der Waals surface area contributed by atoms with Crippen molar-refractivity contribution in [1.82, 2.24) is 19.9 Å². The highest BCUT2D eigenvalue weighted by Crippen LogP contribution is 2.61. The number of hydrogen-bond acceptors (Lipinski definition) is 12. The number of piperidine rings is 1. The summed E-state index contributed by atoms with van der Waals surface area (Å²) in [6.45, 7) is 1.83. The van der Waals surface area contributed by atoms with Crippen LogP contribution in [0, 0.1) is 16.7 Å². The summed E-state index contributed by atoms with van der Waals surface area (Å²) in [5.74, 6) is -1.87. The van der Waals surface area contributed by atoms with Crippen LogP contribution in [0.15, 0.2) is 5.38 Å². The van der Waals surface area contributed by atoms with Gasteiger partial charge in [-0.1, -0.05) is 0 Å². The molecule has 1 spiro atoms. The first-order chi connectivity index (χ1) is 18.8. The summed E-state index contributed by atoms with van der Waals surface area (Å²) in [4.78, 5) is 19.5. The molecule has 3 fully saturated rings. The van der Waals surface area contributed by atoms with Crippen molar-refractivity contribution in [1.29, 1.82) is 5.26 Å². The number of thioether (sulfide) groups is 1. The SMILES string of the molecule is CN(C)CC1(COc2nc(N3C[C@@H](F)C[C@@](C)(O)C3)nc(N3CC4(SCc5scc(C#N)c54)C3N)n2)CC1(F)F. The number of rotatable bonds is 7. The topological polar surface area (TPSA) is 128 Å². The number of nitriles is 1. The van der Waals surface area contributed by atoms with E-state index in [4.69, 9.17) is 10.5 Å². The summed E-state index contributed by atoms with van der Waals surface area (Å²) in [5, 5.41) is 22.1. The van der Waals surface area contributed by atoms with Crippen LogP contribution in [-0.4, -0.2) is 95.7 Å². The van der Waals surface area contributed by atoms with E-state index in [0.29, 0.717) is 12.1 Å². The van der Waals surface area contributed by atoms with Gasteiger partial charge in [0.05, 0.1) is 27.9 Å². The third kappa shape index (κ3) is 4.48. The number of nitrogens with zero attached hydrogens (tertiary/aromatic N) is 7. The molecule has 6 rings (SSSR count). The highest BCUT2D eigenvalue weighted by atomic mass is 32.2. The zero-order valence-electron chi connectivity index (χ0n) is 22.4. The lowest BCUT2D eigenvalue weighted by atomic mass is 9.85. The Kier molecular flexibility index (Phi) is 6.47. The predicted molar refractivity (Wildman–Crippen MR) is 146 cm³/mol. The van der Waals surface area contributed by atoms with Gasteiger partial charge in [-0.3, -0.25) is 0 Å². The molecule has 2 saturated heterocycles. The maximum Gasteiger partial charge on any atom is 0.323 e. The van der Waals surface area contributed by atoms with E-state index in [1.807, 2.05) is 5.38 Å². The number of aliphatic hydroxyl groups is 1. The predicted octanol–water partition coefficient (Wildman–Crippen LogP) is 2.32. The second-order valence-electron chi connectivity index (χ2n) is 11.9. The summed E-state index contributed by atoms with van der Waals surface area (Å²) in [7, 11) is 3.45. The number of hydrogen-bond donors (Lipinski definition) is 2. The molecule has 2 aromatic rings. The van der Waals surface area contributed by atoms with E-state index in [1.54, 1.807) is 53.9 Å². The largest absolute Gasteiger partial charge is 0.462 e. The zero-order chi connectivity index (χ0) is 28.7. The van der Waals surface area contributed by atoms with Gasteiger partial charge in [0, 0.05) is 54.0 Å². The van der Waals surface area contributed by atoms with Crippen molar-refractivity contribution in [3.05, 3.63) is 21.4 Å². The molecule has 15 heteroatoms. The molecule has 3 N–H and O–H groups in total. The van der Waals surface area contributed by atoms with Crippen LogP contribution in [0.2, 0.25) is 0 Å². The highest BCUT2D eigenvalue weighted by Gasteiger charge is 2.71. The van der Waals surface area contributed by atoms with Gasteiger partial charge >= 0.3 is 6.01 Å². The van der Waals surface area contributed by atoms with Gasteiger partial charge in [-0.25, -0.2) is 13.2 Å². The van der Waals surface area contributed by atoms with E-state index in [2.05, 4.69) is 21.0 Å². The molecule has 0 aromatic carbocycles. The van der Waals surface area contributed by atoms with Crippen LogP contribution in [0.3, 0.4) is 0 Å². The summed E-state index contributed by atoms with van der Waals surface area (Å²) >= 11 is 3.22. The van der Waals surface area contributed by atoms with E-state index >= 15 is 0 Å². The third-order valence-corrected chi connectivity index (χ3v) is 10.8. The van der Waals surface area contributed by atoms with Crippen LogP contribution in [-0.2, 0) is 10.5 Å². The van der Waals surface area contributed by atoms with Gasteiger partial charge in [0.2, 0.25) is 11.9 Å². The lowest BCUT2D eigenvalue weighted by Crippen LogP contribution is -2.70.